The number of hydrogen-bond donors (Lipinski definition) is 2. The molecule has 0 bridgehead atoms. The van der Waals surface area contributed by atoms with Gasteiger partial charge in [0.05, 0.1) is 5.69 Å². The second-order valence-corrected chi connectivity index (χ2v) is 7.72. The summed E-state index contributed by atoms with van der Waals surface area (Å²) in [5.41, 5.74) is 0.782. The summed E-state index contributed by atoms with van der Waals surface area (Å²) in [6.07, 6.45) is 1.57. The van der Waals surface area contributed by atoms with Crippen molar-refractivity contribution in [1.29, 1.82) is 0 Å². The second-order valence-electron chi connectivity index (χ2n) is 7.72. The fourth-order valence-electron chi connectivity index (χ4n) is 3.58. The molecule has 2 aromatic rings. The van der Waals surface area contributed by atoms with E-state index in [0.717, 1.165) is 5.69 Å². The van der Waals surface area contributed by atoms with Gasteiger partial charge in [-0.2, -0.15) is 15.1 Å². The lowest BCUT2D eigenvalue weighted by atomic mass is 9.88. The Bertz CT molecular complexity index is 834. The fraction of sp³-hybridized carbons (Fsp3) is 0.611. The maximum Gasteiger partial charge on any atom is 0.254 e. The van der Waals surface area contributed by atoms with E-state index < -0.39 is 11.8 Å². The molecule has 0 aromatic carbocycles. The van der Waals surface area contributed by atoms with Crippen molar-refractivity contribution in [3.63, 3.8) is 0 Å². The van der Waals surface area contributed by atoms with E-state index in [2.05, 4.69) is 25.7 Å². The van der Waals surface area contributed by atoms with Gasteiger partial charge in [0.2, 0.25) is 5.92 Å². The molecule has 2 aliphatic rings. The van der Waals surface area contributed by atoms with Gasteiger partial charge in [-0.3, -0.25) is 0 Å². The summed E-state index contributed by atoms with van der Waals surface area (Å²) in [6.45, 7) is 1.83. The van der Waals surface area contributed by atoms with E-state index in [1.54, 1.807) is 18.3 Å². The zero-order valence-electron chi connectivity index (χ0n) is 15.4. The number of rotatable bonds is 5. The topological polar surface area (TPSA) is 67.7 Å². The lowest BCUT2D eigenvalue weighted by molar-refractivity contribution is -0.0794. The van der Waals surface area contributed by atoms with E-state index in [4.69, 9.17) is 0 Å². The van der Waals surface area contributed by atoms with Crippen LogP contribution in [0.5, 0.6) is 0 Å². The molecular weight excluding hydrogens is 376 g/mol. The molecule has 10 heteroatoms. The van der Waals surface area contributed by atoms with E-state index >= 15 is 0 Å². The normalized spacial score (nSPS) is 21.9. The minimum absolute atomic E-state index is 0.123. The minimum atomic E-state index is -2.64. The van der Waals surface area contributed by atoms with Gasteiger partial charge in [0.15, 0.2) is 0 Å². The Morgan fingerprint density at radius 3 is 2.11 bits per heavy atom. The molecule has 152 valence electrons. The number of nitrogens with one attached hydrogen (secondary N) is 2. The first kappa shape index (κ1) is 18.9. The second kappa shape index (κ2) is 6.89. The van der Waals surface area contributed by atoms with Crippen LogP contribution in [0.25, 0.3) is 5.95 Å². The number of aryl methyl sites for hydroxylation is 1. The van der Waals surface area contributed by atoms with Crippen LogP contribution in [0.3, 0.4) is 0 Å². The highest BCUT2D eigenvalue weighted by Gasteiger charge is 2.45. The largest absolute Gasteiger partial charge is 0.367 e. The molecule has 2 aliphatic carbocycles. The summed E-state index contributed by atoms with van der Waals surface area (Å²) < 4.78 is 54.5. The van der Waals surface area contributed by atoms with Gasteiger partial charge < -0.3 is 10.6 Å². The van der Waals surface area contributed by atoms with Crippen LogP contribution >= 0.6 is 0 Å². The summed E-state index contributed by atoms with van der Waals surface area (Å²) >= 11 is 0. The van der Waals surface area contributed by atoms with Crippen LogP contribution in [-0.2, 0) is 0 Å². The lowest BCUT2D eigenvalue weighted by Crippen LogP contribution is -2.44. The third kappa shape index (κ3) is 4.36. The number of alkyl halides is 4. The molecule has 0 saturated heterocycles. The van der Waals surface area contributed by atoms with Crippen LogP contribution in [0.15, 0.2) is 18.3 Å². The van der Waals surface area contributed by atoms with Crippen LogP contribution in [0.4, 0.5) is 29.2 Å². The number of aromatic nitrogens is 4. The lowest BCUT2D eigenvalue weighted by Gasteiger charge is -2.35. The average Bonchev–Trinajstić information content (AvgIpc) is 3.02. The third-order valence-corrected chi connectivity index (χ3v) is 5.15. The quantitative estimate of drug-likeness (QED) is 0.740. The van der Waals surface area contributed by atoms with Crippen LogP contribution < -0.4 is 10.6 Å². The van der Waals surface area contributed by atoms with E-state index in [0.29, 0.717) is 24.5 Å². The van der Waals surface area contributed by atoms with E-state index in [-0.39, 0.29) is 43.7 Å². The van der Waals surface area contributed by atoms with Crippen LogP contribution in [0.1, 0.15) is 44.2 Å². The SMILES string of the molecule is Cc1ccn(-c2nc(NC3CCC(F)(F)CC3)cc(NC3CC(F)(F)C3)n2)n1. The van der Waals surface area contributed by atoms with Crippen molar-refractivity contribution in [2.75, 3.05) is 10.6 Å². The highest BCUT2D eigenvalue weighted by molar-refractivity contribution is 5.51. The van der Waals surface area contributed by atoms with Gasteiger partial charge in [-0.05, 0) is 25.8 Å². The molecule has 2 aromatic heterocycles. The molecule has 2 saturated carbocycles. The Morgan fingerprint density at radius 1 is 0.964 bits per heavy atom. The van der Waals surface area contributed by atoms with Gasteiger partial charge in [-0.15, -0.1) is 0 Å². The zero-order chi connectivity index (χ0) is 19.9. The fourth-order valence-corrected chi connectivity index (χ4v) is 3.58. The van der Waals surface area contributed by atoms with Crippen molar-refractivity contribution in [3.05, 3.63) is 24.0 Å². The molecule has 0 atom stereocenters. The van der Waals surface area contributed by atoms with Crippen molar-refractivity contribution in [3.8, 4) is 5.95 Å². The Kier molecular flexibility index (Phi) is 4.67. The number of hydrogen-bond acceptors (Lipinski definition) is 5. The van der Waals surface area contributed by atoms with Crippen molar-refractivity contribution in [2.24, 2.45) is 0 Å². The zero-order valence-corrected chi connectivity index (χ0v) is 15.4. The van der Waals surface area contributed by atoms with Crippen LogP contribution in [-0.4, -0.2) is 43.7 Å². The van der Waals surface area contributed by atoms with Crippen molar-refractivity contribution >= 4 is 11.6 Å². The van der Waals surface area contributed by atoms with Gasteiger partial charge in [-0.25, -0.2) is 22.2 Å². The first-order valence-electron chi connectivity index (χ1n) is 9.38. The molecule has 0 radical (unpaired) electrons. The number of anilines is 2. The van der Waals surface area contributed by atoms with Crippen LogP contribution in [0, 0.1) is 6.92 Å². The van der Waals surface area contributed by atoms with Crippen molar-refractivity contribution < 1.29 is 17.6 Å². The first-order chi connectivity index (χ1) is 13.2. The van der Waals surface area contributed by atoms with E-state index in [1.165, 1.54) is 4.68 Å². The molecule has 0 amide bonds. The Hall–Kier alpha value is -2.39. The molecule has 0 spiro atoms. The molecule has 0 aliphatic heterocycles. The molecule has 0 unspecified atom stereocenters. The Balaban J connectivity index is 1.53. The molecule has 4 rings (SSSR count). The molecule has 2 fully saturated rings. The predicted octanol–water partition coefficient (Wildman–Crippen LogP) is 4.17. The highest BCUT2D eigenvalue weighted by Crippen LogP contribution is 2.39. The number of nitrogens with zero attached hydrogens (tertiary/aromatic N) is 4. The molecule has 2 N–H and O–H groups in total. The number of halogens is 4. The molecule has 2 heterocycles. The monoisotopic (exact) mass is 398 g/mol. The summed E-state index contributed by atoms with van der Waals surface area (Å²) in [5, 5.41) is 10.5. The van der Waals surface area contributed by atoms with Gasteiger partial charge in [0, 0.05) is 50.0 Å². The van der Waals surface area contributed by atoms with Gasteiger partial charge >= 0.3 is 0 Å². The van der Waals surface area contributed by atoms with Gasteiger partial charge in [-0.1, -0.05) is 0 Å². The minimum Gasteiger partial charge on any atom is -0.367 e. The summed E-state index contributed by atoms with van der Waals surface area (Å²) in [6, 6.07) is 2.94. The molecule has 6 nitrogen and oxygen atoms in total. The van der Waals surface area contributed by atoms with Gasteiger partial charge in [0.25, 0.3) is 11.9 Å². The van der Waals surface area contributed by atoms with Crippen LogP contribution in [0.2, 0.25) is 0 Å². The molecular formula is C18H22F4N6. The Morgan fingerprint density at radius 2 is 1.57 bits per heavy atom. The van der Waals surface area contributed by atoms with Crippen molar-refractivity contribution in [1.82, 2.24) is 19.7 Å². The predicted molar refractivity (Wildman–Crippen MR) is 96.3 cm³/mol. The third-order valence-electron chi connectivity index (χ3n) is 5.15. The summed E-state index contributed by atoms with van der Waals surface area (Å²) in [4.78, 5) is 8.81. The van der Waals surface area contributed by atoms with Gasteiger partial charge in [0.1, 0.15) is 11.6 Å². The van der Waals surface area contributed by atoms with E-state index in [1.807, 2.05) is 6.92 Å². The highest BCUT2D eigenvalue weighted by atomic mass is 19.3. The standard InChI is InChI=1S/C18H22F4N6/c1-11-4-7-28(27-11)16-25-14(23-12-2-5-17(19,20)6-3-12)8-15(26-16)24-13-9-18(21,22)10-13/h4,7-8,12-13H,2-3,5-6,9-10H2,1H3,(H2,23,24,25,26). The summed E-state index contributed by atoms with van der Waals surface area (Å²) in [5.74, 6) is -4.10. The maximum atomic E-state index is 13.4. The Labute approximate surface area is 159 Å². The summed E-state index contributed by atoms with van der Waals surface area (Å²) in [7, 11) is 0. The maximum absolute atomic E-state index is 13.4. The van der Waals surface area contributed by atoms with E-state index in [9.17, 15) is 17.6 Å². The van der Waals surface area contributed by atoms with Crippen molar-refractivity contribution in [2.45, 2.75) is 69.4 Å². The molecule has 28 heavy (non-hydrogen) atoms. The first-order valence-corrected chi connectivity index (χ1v) is 9.38. The average molecular weight is 398 g/mol. The smallest absolute Gasteiger partial charge is 0.254 e.